The van der Waals surface area contributed by atoms with E-state index >= 15 is 0 Å². The van der Waals surface area contributed by atoms with E-state index in [0.717, 1.165) is 17.0 Å². The summed E-state index contributed by atoms with van der Waals surface area (Å²) in [6, 6.07) is 16.7. The smallest absolute Gasteiger partial charge is 0.229 e. The molecule has 2 amide bonds. The molecule has 1 N–H and O–H groups in total. The predicted octanol–water partition coefficient (Wildman–Crippen LogP) is 3.24. The van der Waals surface area contributed by atoms with Gasteiger partial charge in [0.05, 0.1) is 19.1 Å². The maximum absolute atomic E-state index is 12.9. The summed E-state index contributed by atoms with van der Waals surface area (Å²) in [5.41, 5.74) is 1.70. The Balaban J connectivity index is 1.86. The molecule has 2 atom stereocenters. The molecule has 3 rings (SSSR count). The number of rotatable bonds is 4. The van der Waals surface area contributed by atoms with Gasteiger partial charge in [0.2, 0.25) is 11.8 Å². The van der Waals surface area contributed by atoms with E-state index in [0.29, 0.717) is 12.8 Å². The number of benzene rings is 2. The maximum atomic E-state index is 12.9. The Hall–Kier alpha value is -2.82. The van der Waals surface area contributed by atoms with Crippen LogP contribution in [-0.4, -0.2) is 30.9 Å². The quantitative estimate of drug-likeness (QED) is 0.931. The van der Waals surface area contributed by atoms with Crippen molar-refractivity contribution in [2.45, 2.75) is 18.9 Å². The lowest BCUT2D eigenvalue weighted by atomic mass is 9.84. The van der Waals surface area contributed by atoms with E-state index in [1.54, 1.807) is 19.1 Å². The first kappa shape index (κ1) is 17.0. The van der Waals surface area contributed by atoms with Gasteiger partial charge in [0.25, 0.3) is 0 Å². The van der Waals surface area contributed by atoms with E-state index in [-0.39, 0.29) is 23.8 Å². The Labute approximate surface area is 147 Å². The summed E-state index contributed by atoms with van der Waals surface area (Å²) < 4.78 is 5.20. The van der Waals surface area contributed by atoms with Crippen molar-refractivity contribution in [3.63, 3.8) is 0 Å². The van der Waals surface area contributed by atoms with Gasteiger partial charge in [-0.05, 0) is 36.2 Å². The molecule has 0 aliphatic carbocycles. The molecule has 1 heterocycles. The van der Waals surface area contributed by atoms with E-state index in [2.05, 4.69) is 5.32 Å². The number of carbonyl (C=O) groups is 2. The first-order valence-electron chi connectivity index (χ1n) is 8.35. The van der Waals surface area contributed by atoms with Crippen LogP contribution in [0.3, 0.4) is 0 Å². The summed E-state index contributed by atoms with van der Waals surface area (Å²) in [7, 11) is 3.38. The van der Waals surface area contributed by atoms with Crippen LogP contribution in [0.4, 0.5) is 5.69 Å². The van der Waals surface area contributed by atoms with Crippen molar-refractivity contribution in [3.05, 3.63) is 60.2 Å². The zero-order valence-corrected chi connectivity index (χ0v) is 14.4. The summed E-state index contributed by atoms with van der Waals surface area (Å²) in [4.78, 5) is 26.7. The fourth-order valence-corrected chi connectivity index (χ4v) is 3.33. The molecule has 2 aromatic rings. The molecular weight excluding hydrogens is 316 g/mol. The molecule has 2 aromatic carbocycles. The number of hydrogen-bond acceptors (Lipinski definition) is 3. The van der Waals surface area contributed by atoms with Gasteiger partial charge in [0, 0.05) is 19.2 Å². The van der Waals surface area contributed by atoms with Crippen molar-refractivity contribution in [2.75, 3.05) is 19.5 Å². The minimum absolute atomic E-state index is 0.0598. The molecular formula is C20H22N2O3. The van der Waals surface area contributed by atoms with Crippen LogP contribution >= 0.6 is 0 Å². The molecule has 1 saturated heterocycles. The third-order valence-electron chi connectivity index (χ3n) is 4.70. The second kappa shape index (κ2) is 7.38. The van der Waals surface area contributed by atoms with Gasteiger partial charge in [0.15, 0.2) is 0 Å². The van der Waals surface area contributed by atoms with Crippen LogP contribution in [0.25, 0.3) is 0 Å². The Bertz CT molecular complexity index is 743. The van der Waals surface area contributed by atoms with Crippen molar-refractivity contribution in [1.82, 2.24) is 4.90 Å². The van der Waals surface area contributed by atoms with Gasteiger partial charge in [-0.1, -0.05) is 30.3 Å². The third-order valence-corrected chi connectivity index (χ3v) is 4.70. The summed E-state index contributed by atoms with van der Waals surface area (Å²) >= 11 is 0. The number of hydrogen-bond donors (Lipinski definition) is 1. The van der Waals surface area contributed by atoms with Crippen LogP contribution in [0.2, 0.25) is 0 Å². The average Bonchev–Trinajstić information content (AvgIpc) is 2.64. The minimum atomic E-state index is -0.295. The summed E-state index contributed by atoms with van der Waals surface area (Å²) in [5, 5.41) is 2.97. The molecule has 0 spiro atoms. The van der Waals surface area contributed by atoms with E-state index in [4.69, 9.17) is 4.74 Å². The van der Waals surface area contributed by atoms with Crippen LogP contribution < -0.4 is 10.1 Å². The highest BCUT2D eigenvalue weighted by atomic mass is 16.5. The first-order chi connectivity index (χ1) is 12.1. The highest BCUT2D eigenvalue weighted by Gasteiger charge is 2.38. The van der Waals surface area contributed by atoms with Crippen LogP contribution in [0.1, 0.15) is 24.4 Å². The topological polar surface area (TPSA) is 58.6 Å². The maximum Gasteiger partial charge on any atom is 0.229 e. The molecule has 0 saturated carbocycles. The number of para-hydroxylation sites is 1. The van der Waals surface area contributed by atoms with Crippen molar-refractivity contribution in [3.8, 4) is 5.75 Å². The third kappa shape index (κ3) is 3.65. The molecule has 130 valence electrons. The molecule has 1 fully saturated rings. The zero-order chi connectivity index (χ0) is 17.8. The van der Waals surface area contributed by atoms with Crippen molar-refractivity contribution < 1.29 is 14.3 Å². The minimum Gasteiger partial charge on any atom is -0.497 e. The second-order valence-electron chi connectivity index (χ2n) is 6.22. The SMILES string of the molecule is COc1ccc([C@@H]2[C@H](C(=O)Nc3ccccc3)CCC(=O)N2C)cc1. The fourth-order valence-electron chi connectivity index (χ4n) is 3.33. The summed E-state index contributed by atoms with van der Waals surface area (Å²) in [6.07, 6.45) is 0.925. The Morgan fingerprint density at radius 1 is 1.12 bits per heavy atom. The number of carbonyl (C=O) groups excluding carboxylic acids is 2. The summed E-state index contributed by atoms with van der Waals surface area (Å²) in [5.74, 6) is 0.450. The Morgan fingerprint density at radius 2 is 1.80 bits per heavy atom. The van der Waals surface area contributed by atoms with Gasteiger partial charge in [-0.2, -0.15) is 0 Å². The number of methoxy groups -OCH3 is 1. The number of nitrogens with zero attached hydrogens (tertiary/aromatic N) is 1. The van der Waals surface area contributed by atoms with Crippen LogP contribution in [-0.2, 0) is 9.59 Å². The highest BCUT2D eigenvalue weighted by Crippen LogP contribution is 2.37. The van der Waals surface area contributed by atoms with Gasteiger partial charge in [0.1, 0.15) is 5.75 Å². The number of piperidine rings is 1. The Kier molecular flexibility index (Phi) is 5.03. The van der Waals surface area contributed by atoms with E-state index < -0.39 is 0 Å². The number of ether oxygens (including phenoxy) is 1. The average molecular weight is 338 g/mol. The largest absolute Gasteiger partial charge is 0.497 e. The fraction of sp³-hybridized carbons (Fsp3) is 0.300. The molecule has 1 aliphatic heterocycles. The van der Waals surface area contributed by atoms with E-state index in [9.17, 15) is 9.59 Å². The number of amides is 2. The zero-order valence-electron chi connectivity index (χ0n) is 14.4. The van der Waals surface area contributed by atoms with Crippen LogP contribution in [0.5, 0.6) is 5.75 Å². The van der Waals surface area contributed by atoms with Crippen molar-refractivity contribution in [1.29, 1.82) is 0 Å². The van der Waals surface area contributed by atoms with E-state index in [1.807, 2.05) is 54.6 Å². The normalized spacial score (nSPS) is 20.2. The molecule has 0 radical (unpaired) electrons. The lowest BCUT2D eigenvalue weighted by molar-refractivity contribution is -0.140. The lowest BCUT2D eigenvalue weighted by Crippen LogP contribution is -2.44. The van der Waals surface area contributed by atoms with Crippen molar-refractivity contribution in [2.24, 2.45) is 5.92 Å². The number of anilines is 1. The molecule has 0 bridgehead atoms. The van der Waals surface area contributed by atoms with Crippen molar-refractivity contribution >= 4 is 17.5 Å². The second-order valence-corrected chi connectivity index (χ2v) is 6.22. The van der Waals surface area contributed by atoms with Gasteiger partial charge in [-0.15, -0.1) is 0 Å². The molecule has 0 aromatic heterocycles. The van der Waals surface area contributed by atoms with Crippen LogP contribution in [0, 0.1) is 5.92 Å². The van der Waals surface area contributed by atoms with Gasteiger partial charge in [-0.25, -0.2) is 0 Å². The predicted molar refractivity (Wildman–Crippen MR) is 96.3 cm³/mol. The molecule has 1 aliphatic rings. The molecule has 5 nitrogen and oxygen atoms in total. The van der Waals surface area contributed by atoms with Gasteiger partial charge < -0.3 is 15.0 Å². The van der Waals surface area contributed by atoms with Crippen LogP contribution in [0.15, 0.2) is 54.6 Å². The standard InChI is InChI=1S/C20H22N2O3/c1-22-18(23)13-12-17(20(24)21-15-6-4-3-5-7-15)19(22)14-8-10-16(25-2)11-9-14/h3-11,17,19H,12-13H2,1-2H3,(H,21,24)/t17-,19-/m1/s1. The molecule has 5 heteroatoms. The number of nitrogens with one attached hydrogen (secondary N) is 1. The Morgan fingerprint density at radius 3 is 2.44 bits per heavy atom. The highest BCUT2D eigenvalue weighted by molar-refractivity contribution is 5.94. The van der Waals surface area contributed by atoms with E-state index in [1.165, 1.54) is 0 Å². The summed E-state index contributed by atoms with van der Waals surface area (Å²) in [6.45, 7) is 0. The lowest BCUT2D eigenvalue weighted by Gasteiger charge is -2.38. The molecule has 0 unspecified atom stereocenters. The number of likely N-dealkylation sites (tertiary alicyclic amines) is 1. The van der Waals surface area contributed by atoms with Gasteiger partial charge >= 0.3 is 0 Å². The van der Waals surface area contributed by atoms with Gasteiger partial charge in [-0.3, -0.25) is 9.59 Å². The monoisotopic (exact) mass is 338 g/mol. The molecule has 25 heavy (non-hydrogen) atoms. The first-order valence-corrected chi connectivity index (χ1v) is 8.35.